The highest BCUT2D eigenvalue weighted by Gasteiger charge is 2.36. The van der Waals surface area contributed by atoms with E-state index in [9.17, 15) is 9.90 Å². The summed E-state index contributed by atoms with van der Waals surface area (Å²) in [5, 5.41) is 12.4. The first-order chi connectivity index (χ1) is 8.03. The Morgan fingerprint density at radius 2 is 2.47 bits per heavy atom. The summed E-state index contributed by atoms with van der Waals surface area (Å²) in [5.41, 5.74) is 5.16. The van der Waals surface area contributed by atoms with Gasteiger partial charge >= 0.3 is 0 Å². The van der Waals surface area contributed by atoms with Crippen molar-refractivity contribution in [3.63, 3.8) is 0 Å². The van der Waals surface area contributed by atoms with Gasteiger partial charge in [-0.3, -0.25) is 4.79 Å². The van der Waals surface area contributed by atoms with Gasteiger partial charge in [0.25, 0.3) is 0 Å². The lowest BCUT2D eigenvalue weighted by atomic mass is 9.76. The fourth-order valence-electron chi connectivity index (χ4n) is 2.53. The van der Waals surface area contributed by atoms with Crippen molar-refractivity contribution in [2.45, 2.75) is 50.6 Å². The zero-order chi connectivity index (χ0) is 12.9. The maximum atomic E-state index is 11.8. The number of nitrogens with two attached hydrogens (primary N) is 1. The summed E-state index contributed by atoms with van der Waals surface area (Å²) < 4.78 is 0. The van der Waals surface area contributed by atoms with Gasteiger partial charge in [0.05, 0.1) is 18.2 Å². The highest BCUT2D eigenvalue weighted by atomic mass is 16.3. The van der Waals surface area contributed by atoms with Gasteiger partial charge < -0.3 is 16.2 Å². The van der Waals surface area contributed by atoms with Crippen molar-refractivity contribution in [1.82, 2.24) is 5.32 Å². The number of nitrogens with one attached hydrogen (secondary N) is 1. The number of aliphatic hydroxyl groups excluding tert-OH is 1. The molecule has 17 heavy (non-hydrogen) atoms. The zero-order valence-electron chi connectivity index (χ0n) is 10.4. The van der Waals surface area contributed by atoms with Crippen LogP contribution in [0.15, 0.2) is 0 Å². The number of rotatable bonds is 4. The Balaban J connectivity index is 2.62. The molecule has 1 aliphatic carbocycles. The lowest BCUT2D eigenvalue weighted by molar-refractivity contribution is -0.125. The SMILES string of the molecule is C#CCC(N)C(=O)NC1(CO)CCCC(C)C1. The van der Waals surface area contributed by atoms with Gasteiger partial charge in [-0.2, -0.15) is 0 Å². The largest absolute Gasteiger partial charge is 0.394 e. The fourth-order valence-corrected chi connectivity index (χ4v) is 2.53. The van der Waals surface area contributed by atoms with Gasteiger partial charge in [0.15, 0.2) is 0 Å². The van der Waals surface area contributed by atoms with Gasteiger partial charge in [-0.15, -0.1) is 12.3 Å². The van der Waals surface area contributed by atoms with Crippen molar-refractivity contribution < 1.29 is 9.90 Å². The summed E-state index contributed by atoms with van der Waals surface area (Å²) in [6, 6.07) is -0.680. The van der Waals surface area contributed by atoms with Crippen LogP contribution in [0.25, 0.3) is 0 Å². The molecular formula is C13H22N2O2. The Kier molecular flexibility index (Phi) is 4.98. The van der Waals surface area contributed by atoms with Gasteiger partial charge in [-0.1, -0.05) is 19.8 Å². The van der Waals surface area contributed by atoms with Crippen molar-refractivity contribution in [1.29, 1.82) is 0 Å². The van der Waals surface area contributed by atoms with Gasteiger partial charge in [-0.05, 0) is 18.8 Å². The normalized spacial score (nSPS) is 30.4. The van der Waals surface area contributed by atoms with E-state index in [0.717, 1.165) is 25.7 Å². The number of carbonyl (C=O) groups excluding carboxylic acids is 1. The quantitative estimate of drug-likeness (QED) is 0.620. The van der Waals surface area contributed by atoms with Gasteiger partial charge in [0.2, 0.25) is 5.91 Å². The van der Waals surface area contributed by atoms with Crippen molar-refractivity contribution >= 4 is 5.91 Å². The van der Waals surface area contributed by atoms with E-state index < -0.39 is 11.6 Å². The minimum Gasteiger partial charge on any atom is -0.394 e. The Hall–Kier alpha value is -1.05. The molecule has 1 amide bonds. The molecule has 0 aromatic rings. The molecule has 0 spiro atoms. The average molecular weight is 238 g/mol. The molecule has 96 valence electrons. The van der Waals surface area contributed by atoms with Crippen molar-refractivity contribution in [3.8, 4) is 12.3 Å². The monoisotopic (exact) mass is 238 g/mol. The molecule has 0 aromatic carbocycles. The predicted molar refractivity (Wildman–Crippen MR) is 67.0 cm³/mol. The van der Waals surface area contributed by atoms with Crippen molar-refractivity contribution in [2.24, 2.45) is 11.7 Å². The minimum absolute atomic E-state index is 0.0359. The molecule has 0 bridgehead atoms. The standard InChI is InChI=1S/C13H22N2O2/c1-3-5-11(14)12(17)15-13(9-16)7-4-6-10(2)8-13/h1,10-11,16H,4-9,14H2,2H3,(H,15,17). The molecule has 3 unspecified atom stereocenters. The van der Waals surface area contributed by atoms with Gasteiger partial charge in [-0.25, -0.2) is 0 Å². The van der Waals surface area contributed by atoms with E-state index in [2.05, 4.69) is 18.2 Å². The Morgan fingerprint density at radius 1 is 1.76 bits per heavy atom. The Bertz CT molecular complexity index is 311. The first-order valence-corrected chi connectivity index (χ1v) is 6.15. The van der Waals surface area contributed by atoms with Crippen LogP contribution in [0.5, 0.6) is 0 Å². The topological polar surface area (TPSA) is 75.4 Å². The van der Waals surface area contributed by atoms with E-state index in [1.807, 2.05) is 0 Å². The molecule has 0 heterocycles. The van der Waals surface area contributed by atoms with Gasteiger partial charge in [0, 0.05) is 6.42 Å². The Morgan fingerprint density at radius 3 is 3.00 bits per heavy atom. The summed E-state index contributed by atoms with van der Waals surface area (Å²) in [7, 11) is 0. The second-order valence-electron chi connectivity index (χ2n) is 5.14. The molecule has 0 aliphatic heterocycles. The molecule has 0 saturated heterocycles. The molecule has 1 fully saturated rings. The van der Waals surface area contributed by atoms with Crippen LogP contribution in [0.2, 0.25) is 0 Å². The van der Waals surface area contributed by atoms with E-state index >= 15 is 0 Å². The summed E-state index contributed by atoms with van der Waals surface area (Å²) in [6.45, 7) is 2.10. The summed E-state index contributed by atoms with van der Waals surface area (Å²) in [4.78, 5) is 11.8. The number of hydrogen-bond acceptors (Lipinski definition) is 3. The molecule has 4 heteroatoms. The number of amides is 1. The second-order valence-corrected chi connectivity index (χ2v) is 5.14. The molecule has 4 N–H and O–H groups in total. The zero-order valence-corrected chi connectivity index (χ0v) is 10.4. The molecule has 3 atom stereocenters. The van der Waals surface area contributed by atoms with Crippen LogP contribution in [0.1, 0.15) is 39.0 Å². The van der Waals surface area contributed by atoms with E-state index in [1.165, 1.54) is 0 Å². The first-order valence-electron chi connectivity index (χ1n) is 6.15. The summed E-state index contributed by atoms with van der Waals surface area (Å²) in [6.07, 6.45) is 9.13. The number of aliphatic hydroxyl groups is 1. The number of hydrogen-bond donors (Lipinski definition) is 3. The summed E-state index contributed by atoms with van der Waals surface area (Å²) >= 11 is 0. The van der Waals surface area contributed by atoms with Crippen molar-refractivity contribution in [2.75, 3.05) is 6.61 Å². The summed E-state index contributed by atoms with van der Waals surface area (Å²) in [5.74, 6) is 2.63. The molecule has 4 nitrogen and oxygen atoms in total. The predicted octanol–water partition coefficient (Wildman–Crippen LogP) is 0.394. The lowest BCUT2D eigenvalue weighted by Crippen LogP contribution is -2.57. The van der Waals surface area contributed by atoms with Crippen LogP contribution >= 0.6 is 0 Å². The van der Waals surface area contributed by atoms with Crippen LogP contribution in [-0.4, -0.2) is 29.2 Å². The maximum Gasteiger partial charge on any atom is 0.238 e. The van der Waals surface area contributed by atoms with E-state index in [-0.39, 0.29) is 18.9 Å². The molecule has 1 rings (SSSR count). The van der Waals surface area contributed by atoms with Crippen LogP contribution in [0, 0.1) is 18.3 Å². The van der Waals surface area contributed by atoms with Crippen LogP contribution in [0.3, 0.4) is 0 Å². The minimum atomic E-state index is -0.680. The van der Waals surface area contributed by atoms with E-state index in [0.29, 0.717) is 5.92 Å². The van der Waals surface area contributed by atoms with Crippen LogP contribution in [-0.2, 0) is 4.79 Å². The molecule has 1 aliphatic rings. The molecule has 0 aromatic heterocycles. The van der Waals surface area contributed by atoms with Crippen LogP contribution < -0.4 is 11.1 Å². The second kappa shape index (κ2) is 6.04. The number of terminal acetylenes is 1. The van der Waals surface area contributed by atoms with Crippen LogP contribution in [0.4, 0.5) is 0 Å². The van der Waals surface area contributed by atoms with Gasteiger partial charge in [0.1, 0.15) is 0 Å². The van der Waals surface area contributed by atoms with E-state index in [1.54, 1.807) is 0 Å². The average Bonchev–Trinajstić information content (AvgIpc) is 2.29. The molecular weight excluding hydrogens is 216 g/mol. The highest BCUT2D eigenvalue weighted by Crippen LogP contribution is 2.31. The third-order valence-electron chi connectivity index (χ3n) is 3.46. The third-order valence-corrected chi connectivity index (χ3v) is 3.46. The fraction of sp³-hybridized carbons (Fsp3) is 0.769. The number of carbonyl (C=O) groups is 1. The molecule has 1 saturated carbocycles. The highest BCUT2D eigenvalue weighted by molar-refractivity contribution is 5.82. The Labute approximate surface area is 103 Å². The first kappa shape index (κ1) is 14.0. The smallest absolute Gasteiger partial charge is 0.238 e. The maximum absolute atomic E-state index is 11.8. The lowest BCUT2D eigenvalue weighted by Gasteiger charge is -2.39. The third kappa shape index (κ3) is 3.72. The van der Waals surface area contributed by atoms with E-state index in [4.69, 9.17) is 12.2 Å². The van der Waals surface area contributed by atoms with Crippen molar-refractivity contribution in [3.05, 3.63) is 0 Å². The molecule has 0 radical (unpaired) electrons.